The van der Waals surface area contributed by atoms with Crippen molar-refractivity contribution in [2.45, 2.75) is 19.3 Å². The van der Waals surface area contributed by atoms with Crippen molar-refractivity contribution in [3.05, 3.63) is 22.7 Å². The van der Waals surface area contributed by atoms with Crippen LogP contribution in [-0.2, 0) is 6.42 Å². The molecule has 118 valence electrons. The van der Waals surface area contributed by atoms with Crippen LogP contribution in [0.2, 0.25) is 5.02 Å². The van der Waals surface area contributed by atoms with E-state index >= 15 is 0 Å². The van der Waals surface area contributed by atoms with Crippen LogP contribution in [0.15, 0.2) is 12.1 Å². The maximum atomic E-state index is 6.13. The Bertz CT molecular complexity index is 446. The minimum Gasteiger partial charge on any atom is -0.496 e. The molecule has 1 aromatic carbocycles. The van der Waals surface area contributed by atoms with Crippen LogP contribution >= 0.6 is 11.6 Å². The lowest BCUT2D eigenvalue weighted by Gasteiger charge is -2.19. The van der Waals surface area contributed by atoms with E-state index in [4.69, 9.17) is 21.1 Å². The number of benzene rings is 1. The van der Waals surface area contributed by atoms with Crippen molar-refractivity contribution in [2.24, 2.45) is 0 Å². The van der Waals surface area contributed by atoms with Gasteiger partial charge < -0.3 is 19.7 Å². The second kappa shape index (κ2) is 8.47. The molecule has 0 bridgehead atoms. The third-order valence-electron chi connectivity index (χ3n) is 3.91. The highest BCUT2D eigenvalue weighted by molar-refractivity contribution is 6.32. The van der Waals surface area contributed by atoms with Crippen molar-refractivity contribution in [1.29, 1.82) is 0 Å². The van der Waals surface area contributed by atoms with Crippen LogP contribution in [0.5, 0.6) is 11.5 Å². The van der Waals surface area contributed by atoms with Gasteiger partial charge in [0.15, 0.2) is 0 Å². The molecule has 0 unspecified atom stereocenters. The van der Waals surface area contributed by atoms with E-state index < -0.39 is 0 Å². The van der Waals surface area contributed by atoms with E-state index in [1.54, 1.807) is 14.2 Å². The van der Waals surface area contributed by atoms with Gasteiger partial charge in [0, 0.05) is 19.2 Å². The molecule has 0 aliphatic carbocycles. The summed E-state index contributed by atoms with van der Waals surface area (Å²) in [5, 5.41) is 4.03. The molecule has 1 aliphatic heterocycles. The Hall–Kier alpha value is -0.970. The van der Waals surface area contributed by atoms with E-state index in [2.05, 4.69) is 10.2 Å². The summed E-state index contributed by atoms with van der Waals surface area (Å²) in [5.41, 5.74) is 1.16. The fourth-order valence-corrected chi connectivity index (χ4v) is 2.97. The Balaban J connectivity index is 1.92. The lowest BCUT2D eigenvalue weighted by molar-refractivity contribution is 0.288. The highest BCUT2D eigenvalue weighted by Crippen LogP contribution is 2.33. The third-order valence-corrected chi connectivity index (χ3v) is 4.20. The van der Waals surface area contributed by atoms with Gasteiger partial charge in [-0.3, -0.25) is 0 Å². The van der Waals surface area contributed by atoms with E-state index in [1.165, 1.54) is 13.0 Å². The van der Waals surface area contributed by atoms with Crippen LogP contribution in [0.3, 0.4) is 0 Å². The first-order chi connectivity index (χ1) is 10.2. The molecule has 1 saturated heterocycles. The van der Waals surface area contributed by atoms with Crippen molar-refractivity contribution in [1.82, 2.24) is 10.2 Å². The Morgan fingerprint density at radius 2 is 1.95 bits per heavy atom. The van der Waals surface area contributed by atoms with E-state index in [-0.39, 0.29) is 0 Å². The first kappa shape index (κ1) is 16.4. The number of halogens is 1. The molecule has 1 aliphatic rings. The van der Waals surface area contributed by atoms with E-state index in [9.17, 15) is 0 Å². The van der Waals surface area contributed by atoms with Crippen LogP contribution < -0.4 is 14.8 Å². The smallest absolute Gasteiger partial charge is 0.137 e. The average Bonchev–Trinajstić information content (AvgIpc) is 2.77. The molecule has 0 atom stereocenters. The standard InChI is InChI=1S/C16H25ClN2O2/c1-20-15-12-14(17)16(21-2)11-13(15)5-3-8-19-9-4-6-18-7-10-19/h11-12,18H,3-10H2,1-2H3. The molecular weight excluding hydrogens is 288 g/mol. The van der Waals surface area contributed by atoms with Crippen molar-refractivity contribution in [3.63, 3.8) is 0 Å². The SMILES string of the molecule is COc1cc(CCCN2CCCNCC2)c(OC)cc1Cl. The molecule has 1 N–H and O–H groups in total. The number of hydrogen-bond acceptors (Lipinski definition) is 4. The molecule has 1 heterocycles. The number of aryl methyl sites for hydroxylation is 1. The van der Waals surface area contributed by atoms with Gasteiger partial charge in [0.1, 0.15) is 11.5 Å². The van der Waals surface area contributed by atoms with Gasteiger partial charge in [-0.1, -0.05) is 11.6 Å². The summed E-state index contributed by atoms with van der Waals surface area (Å²) in [5.74, 6) is 1.56. The number of nitrogens with one attached hydrogen (secondary N) is 1. The molecule has 5 heteroatoms. The van der Waals surface area contributed by atoms with Crippen molar-refractivity contribution in [3.8, 4) is 11.5 Å². The molecule has 0 saturated carbocycles. The van der Waals surface area contributed by atoms with Crippen LogP contribution in [0.25, 0.3) is 0 Å². The molecule has 2 rings (SSSR count). The average molecular weight is 313 g/mol. The quantitative estimate of drug-likeness (QED) is 0.875. The van der Waals surface area contributed by atoms with Crippen molar-refractivity contribution < 1.29 is 9.47 Å². The predicted molar refractivity (Wildman–Crippen MR) is 86.8 cm³/mol. The summed E-state index contributed by atoms with van der Waals surface area (Å²) in [6.07, 6.45) is 3.32. The fourth-order valence-electron chi connectivity index (χ4n) is 2.74. The zero-order chi connectivity index (χ0) is 15.1. The summed E-state index contributed by atoms with van der Waals surface area (Å²) < 4.78 is 10.7. The first-order valence-electron chi connectivity index (χ1n) is 7.58. The lowest BCUT2D eigenvalue weighted by Crippen LogP contribution is -2.29. The highest BCUT2D eigenvalue weighted by atomic mass is 35.5. The summed E-state index contributed by atoms with van der Waals surface area (Å²) in [7, 11) is 3.32. The Labute approximate surface area is 132 Å². The molecule has 1 fully saturated rings. The van der Waals surface area contributed by atoms with Gasteiger partial charge in [-0.2, -0.15) is 0 Å². The van der Waals surface area contributed by atoms with Crippen LogP contribution in [-0.4, -0.2) is 51.8 Å². The second-order valence-corrected chi connectivity index (χ2v) is 5.75. The second-order valence-electron chi connectivity index (χ2n) is 5.35. The van der Waals surface area contributed by atoms with Gasteiger partial charge in [0.25, 0.3) is 0 Å². The van der Waals surface area contributed by atoms with Crippen LogP contribution in [0.1, 0.15) is 18.4 Å². The molecule has 0 radical (unpaired) electrons. The lowest BCUT2D eigenvalue weighted by atomic mass is 10.1. The third kappa shape index (κ3) is 4.77. The summed E-state index contributed by atoms with van der Waals surface area (Å²) in [4.78, 5) is 2.53. The maximum absolute atomic E-state index is 6.13. The van der Waals surface area contributed by atoms with Gasteiger partial charge in [0.05, 0.1) is 19.2 Å². The van der Waals surface area contributed by atoms with Gasteiger partial charge in [-0.15, -0.1) is 0 Å². The van der Waals surface area contributed by atoms with Crippen molar-refractivity contribution in [2.75, 3.05) is 46.9 Å². The van der Waals surface area contributed by atoms with Crippen molar-refractivity contribution >= 4 is 11.6 Å². The Morgan fingerprint density at radius 3 is 2.71 bits per heavy atom. The number of rotatable bonds is 6. The zero-order valence-corrected chi connectivity index (χ0v) is 13.7. The molecule has 21 heavy (non-hydrogen) atoms. The number of nitrogens with zero attached hydrogens (tertiary/aromatic N) is 1. The molecule has 4 nitrogen and oxygen atoms in total. The summed E-state index contributed by atoms with van der Waals surface area (Å²) in [6, 6.07) is 3.83. The maximum Gasteiger partial charge on any atom is 0.137 e. The number of methoxy groups -OCH3 is 2. The van der Waals surface area contributed by atoms with E-state index in [0.717, 1.165) is 50.3 Å². The fraction of sp³-hybridized carbons (Fsp3) is 0.625. The number of hydrogen-bond donors (Lipinski definition) is 1. The van der Waals surface area contributed by atoms with E-state index in [0.29, 0.717) is 10.8 Å². The van der Waals surface area contributed by atoms with Gasteiger partial charge in [0.2, 0.25) is 0 Å². The molecule has 0 aromatic heterocycles. The normalized spacial score (nSPS) is 16.5. The molecule has 1 aromatic rings. The van der Waals surface area contributed by atoms with Gasteiger partial charge in [-0.05, 0) is 50.5 Å². The Kier molecular flexibility index (Phi) is 6.61. The molecule has 0 amide bonds. The minimum absolute atomic E-state index is 0.594. The highest BCUT2D eigenvalue weighted by Gasteiger charge is 2.12. The van der Waals surface area contributed by atoms with Crippen LogP contribution in [0, 0.1) is 0 Å². The zero-order valence-electron chi connectivity index (χ0n) is 13.0. The predicted octanol–water partition coefficient (Wildman–Crippen LogP) is 2.59. The van der Waals surface area contributed by atoms with Gasteiger partial charge in [-0.25, -0.2) is 0 Å². The monoisotopic (exact) mass is 312 g/mol. The summed E-state index contributed by atoms with van der Waals surface area (Å²) >= 11 is 6.13. The number of ether oxygens (including phenoxy) is 2. The van der Waals surface area contributed by atoms with Gasteiger partial charge >= 0.3 is 0 Å². The Morgan fingerprint density at radius 1 is 1.14 bits per heavy atom. The first-order valence-corrected chi connectivity index (χ1v) is 7.96. The largest absolute Gasteiger partial charge is 0.496 e. The van der Waals surface area contributed by atoms with Crippen LogP contribution in [0.4, 0.5) is 0 Å². The topological polar surface area (TPSA) is 33.7 Å². The summed E-state index contributed by atoms with van der Waals surface area (Å²) in [6.45, 7) is 5.68. The molecule has 0 spiro atoms. The minimum atomic E-state index is 0.594. The molecular formula is C16H25ClN2O2. The van der Waals surface area contributed by atoms with E-state index in [1.807, 2.05) is 12.1 Å².